The summed E-state index contributed by atoms with van der Waals surface area (Å²) in [7, 11) is 0. The van der Waals surface area contributed by atoms with Gasteiger partial charge in [0.1, 0.15) is 5.82 Å². The van der Waals surface area contributed by atoms with Gasteiger partial charge in [0.2, 0.25) is 5.82 Å². The van der Waals surface area contributed by atoms with Crippen molar-refractivity contribution in [3.05, 3.63) is 83.2 Å². The van der Waals surface area contributed by atoms with E-state index in [-0.39, 0.29) is 30.0 Å². The van der Waals surface area contributed by atoms with Crippen LogP contribution >= 0.6 is 0 Å². The lowest BCUT2D eigenvalue weighted by molar-refractivity contribution is 0.314. The van der Waals surface area contributed by atoms with E-state index in [1.54, 1.807) is 19.1 Å². The molecular weight excluding hydrogens is 409 g/mol. The molecule has 170 valence electrons. The molecule has 1 atom stereocenters. The highest BCUT2D eigenvalue weighted by Gasteiger charge is 2.25. The minimum absolute atomic E-state index is 0.0587. The maximum Gasteiger partial charge on any atom is 0.201 e. The Labute approximate surface area is 189 Å². The Balaban J connectivity index is 1.46. The molecule has 1 unspecified atom stereocenters. The molecule has 2 aliphatic carbocycles. The van der Waals surface area contributed by atoms with Gasteiger partial charge in [0.05, 0.1) is 6.61 Å². The van der Waals surface area contributed by atoms with Crippen molar-refractivity contribution in [2.45, 2.75) is 63.7 Å². The third kappa shape index (κ3) is 4.65. The van der Waals surface area contributed by atoms with Gasteiger partial charge in [-0.05, 0) is 105 Å². The molecule has 1 fully saturated rings. The highest BCUT2D eigenvalue weighted by Crippen LogP contribution is 2.41. The molecule has 2 aliphatic rings. The quantitative estimate of drug-likeness (QED) is 0.410. The second kappa shape index (κ2) is 9.97. The van der Waals surface area contributed by atoms with E-state index in [2.05, 4.69) is 12.6 Å². The number of hydrogen-bond donors (Lipinski definition) is 0. The highest BCUT2D eigenvalue weighted by molar-refractivity contribution is 5.68. The molecular formula is C28H31F3O. The Kier molecular flexibility index (Phi) is 7.07. The average molecular weight is 441 g/mol. The van der Waals surface area contributed by atoms with Gasteiger partial charge in [0.25, 0.3) is 0 Å². The van der Waals surface area contributed by atoms with E-state index in [0.29, 0.717) is 24.3 Å². The molecule has 0 N–H and O–H groups in total. The molecule has 32 heavy (non-hydrogen) atoms. The number of hydrogen-bond acceptors (Lipinski definition) is 1. The van der Waals surface area contributed by atoms with Crippen molar-refractivity contribution in [2.75, 3.05) is 6.61 Å². The van der Waals surface area contributed by atoms with Crippen LogP contribution in [0.5, 0.6) is 5.75 Å². The SMILES string of the molecule is C=CC1CCC(c2ccc(C3CC=C(c4ccc(OCC)c(F)c4F)CC3)cc2F)CC1. The van der Waals surface area contributed by atoms with E-state index < -0.39 is 11.6 Å². The fourth-order valence-corrected chi connectivity index (χ4v) is 5.22. The van der Waals surface area contributed by atoms with Crippen molar-refractivity contribution in [3.63, 3.8) is 0 Å². The van der Waals surface area contributed by atoms with Gasteiger partial charge in [-0.15, -0.1) is 6.58 Å². The van der Waals surface area contributed by atoms with Gasteiger partial charge in [-0.3, -0.25) is 0 Å². The van der Waals surface area contributed by atoms with Gasteiger partial charge < -0.3 is 4.74 Å². The molecule has 0 aliphatic heterocycles. The lowest BCUT2D eigenvalue weighted by Crippen LogP contribution is -2.13. The van der Waals surface area contributed by atoms with E-state index in [1.807, 2.05) is 18.2 Å². The first-order valence-corrected chi connectivity index (χ1v) is 11.7. The zero-order valence-electron chi connectivity index (χ0n) is 18.7. The van der Waals surface area contributed by atoms with E-state index in [4.69, 9.17) is 4.74 Å². The zero-order chi connectivity index (χ0) is 22.7. The first-order chi connectivity index (χ1) is 15.5. The number of benzene rings is 2. The number of ether oxygens (including phenoxy) is 1. The first-order valence-electron chi connectivity index (χ1n) is 11.7. The summed E-state index contributed by atoms with van der Waals surface area (Å²) in [5.41, 5.74) is 2.91. The second-order valence-electron chi connectivity index (χ2n) is 9.00. The molecule has 4 heteroatoms. The average Bonchev–Trinajstić information content (AvgIpc) is 2.82. The van der Waals surface area contributed by atoms with Gasteiger partial charge in [0, 0.05) is 5.56 Å². The molecule has 2 aromatic rings. The fourth-order valence-electron chi connectivity index (χ4n) is 5.22. The number of rotatable bonds is 6. The van der Waals surface area contributed by atoms with E-state index in [0.717, 1.165) is 48.8 Å². The third-order valence-electron chi connectivity index (χ3n) is 7.14. The third-order valence-corrected chi connectivity index (χ3v) is 7.14. The molecule has 0 spiro atoms. The summed E-state index contributed by atoms with van der Waals surface area (Å²) in [5, 5.41) is 0. The standard InChI is InChI=1S/C28H31F3O/c1-3-18-5-7-20(8-6-18)23-14-13-22(17-25(23)29)19-9-11-21(12-10-19)24-15-16-26(32-4-2)28(31)27(24)30/h3,11,13-20H,1,4-10,12H2,2H3. The van der Waals surface area contributed by atoms with Gasteiger partial charge in [-0.2, -0.15) is 4.39 Å². The van der Waals surface area contributed by atoms with Crippen LogP contribution in [-0.2, 0) is 0 Å². The van der Waals surface area contributed by atoms with Crippen molar-refractivity contribution < 1.29 is 17.9 Å². The summed E-state index contributed by atoms with van der Waals surface area (Å²) < 4.78 is 48.9. The molecule has 0 heterocycles. The topological polar surface area (TPSA) is 9.23 Å². The second-order valence-corrected chi connectivity index (χ2v) is 9.00. The lowest BCUT2D eigenvalue weighted by Gasteiger charge is -2.28. The van der Waals surface area contributed by atoms with Crippen LogP contribution in [-0.4, -0.2) is 6.61 Å². The van der Waals surface area contributed by atoms with E-state index >= 15 is 0 Å². The Morgan fingerprint density at radius 3 is 2.38 bits per heavy atom. The molecule has 0 radical (unpaired) electrons. The van der Waals surface area contributed by atoms with Crippen LogP contribution in [0.1, 0.15) is 80.4 Å². The minimum Gasteiger partial charge on any atom is -0.491 e. The predicted molar refractivity (Wildman–Crippen MR) is 123 cm³/mol. The van der Waals surface area contributed by atoms with Crippen molar-refractivity contribution in [2.24, 2.45) is 5.92 Å². The first kappa shape index (κ1) is 22.7. The van der Waals surface area contributed by atoms with Crippen LogP contribution in [0, 0.1) is 23.4 Å². The zero-order valence-corrected chi connectivity index (χ0v) is 18.7. The van der Waals surface area contributed by atoms with Crippen molar-refractivity contribution in [1.82, 2.24) is 0 Å². The summed E-state index contributed by atoms with van der Waals surface area (Å²) in [6, 6.07) is 8.78. The van der Waals surface area contributed by atoms with Crippen molar-refractivity contribution in [1.29, 1.82) is 0 Å². The molecule has 2 aromatic carbocycles. The Morgan fingerprint density at radius 1 is 0.969 bits per heavy atom. The number of allylic oxidation sites excluding steroid dienone is 3. The van der Waals surface area contributed by atoms with Crippen molar-refractivity contribution in [3.8, 4) is 5.75 Å². The molecule has 1 saturated carbocycles. The molecule has 0 bridgehead atoms. The highest BCUT2D eigenvalue weighted by atomic mass is 19.2. The van der Waals surface area contributed by atoms with Gasteiger partial charge in [0.15, 0.2) is 11.6 Å². The van der Waals surface area contributed by atoms with Gasteiger partial charge >= 0.3 is 0 Å². The smallest absolute Gasteiger partial charge is 0.201 e. The minimum atomic E-state index is -0.938. The molecule has 0 amide bonds. The maximum atomic E-state index is 15.0. The lowest BCUT2D eigenvalue weighted by atomic mass is 9.77. The van der Waals surface area contributed by atoms with Crippen LogP contribution in [0.4, 0.5) is 13.2 Å². The van der Waals surface area contributed by atoms with Crippen LogP contribution < -0.4 is 4.74 Å². The summed E-state index contributed by atoms with van der Waals surface area (Å²) in [5.74, 6) is -0.930. The maximum absolute atomic E-state index is 15.0. The van der Waals surface area contributed by atoms with Crippen LogP contribution in [0.25, 0.3) is 5.57 Å². The van der Waals surface area contributed by atoms with Crippen LogP contribution in [0.2, 0.25) is 0 Å². The molecule has 0 saturated heterocycles. The summed E-state index contributed by atoms with van der Waals surface area (Å²) >= 11 is 0. The fraction of sp³-hybridized carbons (Fsp3) is 0.429. The largest absolute Gasteiger partial charge is 0.491 e. The Morgan fingerprint density at radius 2 is 1.75 bits per heavy atom. The summed E-state index contributed by atoms with van der Waals surface area (Å²) in [4.78, 5) is 0. The Hall–Kier alpha value is -2.49. The molecule has 1 nitrogen and oxygen atoms in total. The summed E-state index contributed by atoms with van der Waals surface area (Å²) in [6.07, 6.45) is 10.3. The predicted octanol–water partition coefficient (Wildman–Crippen LogP) is 8.31. The monoisotopic (exact) mass is 440 g/mol. The molecule has 4 rings (SSSR count). The van der Waals surface area contributed by atoms with Crippen LogP contribution in [0.15, 0.2) is 49.1 Å². The molecule has 0 aromatic heterocycles. The van der Waals surface area contributed by atoms with Gasteiger partial charge in [-0.25, -0.2) is 8.78 Å². The van der Waals surface area contributed by atoms with Gasteiger partial charge in [-0.1, -0.05) is 24.3 Å². The van der Waals surface area contributed by atoms with Crippen LogP contribution in [0.3, 0.4) is 0 Å². The summed E-state index contributed by atoms with van der Waals surface area (Å²) in [6.45, 7) is 5.90. The normalized spacial score (nSPS) is 23.5. The van der Waals surface area contributed by atoms with E-state index in [1.165, 1.54) is 6.07 Å². The van der Waals surface area contributed by atoms with Crippen molar-refractivity contribution >= 4 is 5.57 Å². The Bertz CT molecular complexity index is 1000. The van der Waals surface area contributed by atoms with E-state index in [9.17, 15) is 13.2 Å². The number of halogens is 3.